The van der Waals surface area contributed by atoms with Gasteiger partial charge in [0.25, 0.3) is 5.91 Å². The van der Waals surface area contributed by atoms with Crippen molar-refractivity contribution in [2.45, 2.75) is 12.8 Å². The molecule has 0 aromatic heterocycles. The third-order valence-electron chi connectivity index (χ3n) is 3.54. The topological polar surface area (TPSA) is 102 Å². The molecule has 0 aliphatic carbocycles. The fraction of sp³-hybridized carbons (Fsp3) is 0.176. The monoisotopic (exact) mass is 548 g/mol. The van der Waals surface area contributed by atoms with E-state index in [-0.39, 0.29) is 23.6 Å². The number of phenols is 2. The molecule has 0 atom stereocenters. The van der Waals surface area contributed by atoms with Gasteiger partial charge >= 0.3 is 0 Å². The minimum absolute atomic E-state index is 0.0404. The van der Waals surface area contributed by atoms with E-state index in [9.17, 15) is 15.0 Å². The average Bonchev–Trinajstić information content (AvgIpc) is 2.60. The first-order valence-corrected chi connectivity index (χ1v) is 9.83. The molecule has 6 nitrogen and oxygen atoms in total. The van der Waals surface area contributed by atoms with Gasteiger partial charge in [0.15, 0.2) is 0 Å². The molecule has 0 fully saturated rings. The van der Waals surface area contributed by atoms with Crippen molar-refractivity contribution in [2.75, 3.05) is 6.54 Å². The van der Waals surface area contributed by atoms with Crippen LogP contribution in [0, 0.1) is 0 Å². The van der Waals surface area contributed by atoms with Crippen molar-refractivity contribution in [1.82, 2.24) is 5.32 Å². The summed E-state index contributed by atoms with van der Waals surface area (Å²) in [5.41, 5.74) is 1.58. The van der Waals surface area contributed by atoms with Crippen molar-refractivity contribution in [2.24, 2.45) is 5.16 Å². The molecule has 0 saturated carbocycles. The van der Waals surface area contributed by atoms with Gasteiger partial charge in [-0.3, -0.25) is 4.79 Å². The molecule has 0 saturated heterocycles. The number of nitrogens with one attached hydrogen (secondary N) is 1. The minimum atomic E-state index is -0.481. The summed E-state index contributed by atoms with van der Waals surface area (Å²) in [6.07, 6.45) is 0.657. The predicted octanol–water partition coefficient (Wildman–Crippen LogP) is 4.12. The predicted molar refractivity (Wildman–Crippen MR) is 109 cm³/mol. The number of hydrogen-bond donors (Lipinski definition) is 4. The zero-order valence-corrected chi connectivity index (χ0v) is 18.1. The first kappa shape index (κ1) is 20.7. The second kappa shape index (κ2) is 9.38. The molecule has 0 bridgehead atoms. The van der Waals surface area contributed by atoms with Crippen molar-refractivity contribution in [3.8, 4) is 11.5 Å². The second-order valence-corrected chi connectivity index (χ2v) is 7.99. The fourth-order valence-corrected chi connectivity index (χ4v) is 3.91. The van der Waals surface area contributed by atoms with Gasteiger partial charge in [0.1, 0.15) is 17.2 Å². The third kappa shape index (κ3) is 5.46. The van der Waals surface area contributed by atoms with Gasteiger partial charge in [-0.1, -0.05) is 11.2 Å². The Kier molecular flexibility index (Phi) is 7.48. The maximum atomic E-state index is 12.2. The van der Waals surface area contributed by atoms with Crippen molar-refractivity contribution in [3.63, 3.8) is 0 Å². The van der Waals surface area contributed by atoms with Gasteiger partial charge in [0, 0.05) is 13.0 Å². The molecule has 26 heavy (non-hydrogen) atoms. The molecule has 1 amide bonds. The molecule has 0 radical (unpaired) electrons. The summed E-state index contributed by atoms with van der Waals surface area (Å²) in [6.45, 7) is 0.345. The lowest BCUT2D eigenvalue weighted by atomic mass is 10.1. The minimum Gasteiger partial charge on any atom is -0.507 e. The standard InChI is InChI=1S/C17H15Br3N2O4/c18-11-5-9(1-2-15(11)23)3-4-21-17(25)14(22-26)8-10-6-12(19)16(24)13(20)7-10/h1-2,5-7,23-24,26H,3-4,8H2,(H,21,25). The van der Waals surface area contributed by atoms with Gasteiger partial charge < -0.3 is 20.7 Å². The summed E-state index contributed by atoms with van der Waals surface area (Å²) in [5.74, 6) is -0.273. The Morgan fingerprint density at radius 3 is 2.19 bits per heavy atom. The molecule has 138 valence electrons. The van der Waals surface area contributed by atoms with Crippen molar-refractivity contribution in [3.05, 3.63) is 54.9 Å². The molecular weight excluding hydrogens is 536 g/mol. The Morgan fingerprint density at radius 2 is 1.62 bits per heavy atom. The number of benzene rings is 2. The van der Waals surface area contributed by atoms with E-state index in [4.69, 9.17) is 5.21 Å². The molecule has 0 spiro atoms. The summed E-state index contributed by atoms with van der Waals surface area (Å²) in [4.78, 5) is 12.2. The van der Waals surface area contributed by atoms with Crippen LogP contribution in [-0.2, 0) is 17.6 Å². The number of halogens is 3. The van der Waals surface area contributed by atoms with Gasteiger partial charge in [-0.25, -0.2) is 0 Å². The number of oxime groups is 1. The summed E-state index contributed by atoms with van der Waals surface area (Å²) >= 11 is 9.68. The molecule has 4 N–H and O–H groups in total. The lowest BCUT2D eigenvalue weighted by Crippen LogP contribution is -2.33. The van der Waals surface area contributed by atoms with E-state index in [1.54, 1.807) is 30.3 Å². The first-order chi connectivity index (χ1) is 12.3. The van der Waals surface area contributed by atoms with E-state index < -0.39 is 5.91 Å². The molecule has 9 heteroatoms. The normalized spacial score (nSPS) is 11.4. The lowest BCUT2D eigenvalue weighted by molar-refractivity contribution is -0.115. The Bertz CT molecular complexity index is 833. The maximum Gasteiger partial charge on any atom is 0.269 e. The number of aromatic hydroxyl groups is 2. The number of hydrogen-bond acceptors (Lipinski definition) is 5. The fourth-order valence-electron chi connectivity index (χ4n) is 2.20. The summed E-state index contributed by atoms with van der Waals surface area (Å²) in [5, 5.41) is 34.1. The number of rotatable bonds is 6. The molecule has 2 aromatic rings. The lowest BCUT2D eigenvalue weighted by Gasteiger charge is -2.09. The number of amides is 1. The Hall–Kier alpha value is -1.58. The largest absolute Gasteiger partial charge is 0.507 e. The van der Waals surface area contributed by atoms with Crippen LogP contribution >= 0.6 is 47.8 Å². The van der Waals surface area contributed by atoms with Crippen LogP contribution in [0.1, 0.15) is 11.1 Å². The maximum absolute atomic E-state index is 12.2. The number of phenolic OH excluding ortho intramolecular Hbond substituents is 2. The van der Waals surface area contributed by atoms with Crippen molar-refractivity contribution >= 4 is 59.4 Å². The number of nitrogens with zero attached hydrogens (tertiary/aromatic N) is 1. The smallest absolute Gasteiger partial charge is 0.269 e. The number of carbonyl (C=O) groups excluding carboxylic acids is 1. The average molecular weight is 551 g/mol. The van der Waals surface area contributed by atoms with Crippen LogP contribution in [-0.4, -0.2) is 33.6 Å². The van der Waals surface area contributed by atoms with Gasteiger partial charge in [-0.05, 0) is 89.6 Å². The van der Waals surface area contributed by atoms with Crippen LogP contribution in [0.15, 0.2) is 48.9 Å². The van der Waals surface area contributed by atoms with Gasteiger partial charge in [0.2, 0.25) is 0 Å². The SMILES string of the molecule is O=C(NCCc1ccc(O)c(Br)c1)C(Cc1cc(Br)c(O)c(Br)c1)=NO. The van der Waals surface area contributed by atoms with Crippen molar-refractivity contribution < 1.29 is 20.2 Å². The van der Waals surface area contributed by atoms with Gasteiger partial charge in [-0.15, -0.1) is 0 Å². The van der Waals surface area contributed by atoms with Crippen LogP contribution in [0.25, 0.3) is 0 Å². The number of carbonyl (C=O) groups is 1. The molecular formula is C17H15Br3N2O4. The van der Waals surface area contributed by atoms with Crippen LogP contribution in [0.2, 0.25) is 0 Å². The molecule has 2 rings (SSSR count). The van der Waals surface area contributed by atoms with Crippen molar-refractivity contribution in [1.29, 1.82) is 0 Å². The quantitative estimate of drug-likeness (QED) is 0.247. The molecule has 0 heterocycles. The highest BCUT2D eigenvalue weighted by Gasteiger charge is 2.15. The van der Waals surface area contributed by atoms with E-state index >= 15 is 0 Å². The zero-order valence-electron chi connectivity index (χ0n) is 13.3. The Morgan fingerprint density at radius 1 is 1.00 bits per heavy atom. The summed E-state index contributed by atoms with van der Waals surface area (Å²) < 4.78 is 1.53. The zero-order chi connectivity index (χ0) is 19.3. The van der Waals surface area contributed by atoms with E-state index in [0.717, 1.165) is 5.56 Å². The highest BCUT2D eigenvalue weighted by atomic mass is 79.9. The Balaban J connectivity index is 1.95. The third-order valence-corrected chi connectivity index (χ3v) is 5.39. The van der Waals surface area contributed by atoms with Gasteiger partial charge in [-0.2, -0.15) is 0 Å². The van der Waals surface area contributed by atoms with E-state index in [1.807, 2.05) is 0 Å². The highest BCUT2D eigenvalue weighted by molar-refractivity contribution is 9.11. The van der Waals surface area contributed by atoms with Crippen LogP contribution in [0.3, 0.4) is 0 Å². The first-order valence-electron chi connectivity index (χ1n) is 7.45. The van der Waals surface area contributed by atoms with E-state index in [2.05, 4.69) is 58.3 Å². The summed E-state index contributed by atoms with van der Waals surface area (Å²) in [7, 11) is 0. The summed E-state index contributed by atoms with van der Waals surface area (Å²) in [6, 6.07) is 8.40. The highest BCUT2D eigenvalue weighted by Crippen LogP contribution is 2.33. The Labute approximate surface area is 175 Å². The van der Waals surface area contributed by atoms with E-state index in [1.165, 1.54) is 0 Å². The van der Waals surface area contributed by atoms with Crippen LogP contribution in [0.5, 0.6) is 11.5 Å². The van der Waals surface area contributed by atoms with Crippen LogP contribution < -0.4 is 5.32 Å². The van der Waals surface area contributed by atoms with Gasteiger partial charge in [0.05, 0.1) is 13.4 Å². The molecule has 0 aliphatic rings. The molecule has 0 aliphatic heterocycles. The second-order valence-electron chi connectivity index (χ2n) is 5.42. The van der Waals surface area contributed by atoms with E-state index in [0.29, 0.717) is 31.9 Å². The van der Waals surface area contributed by atoms with Crippen LogP contribution in [0.4, 0.5) is 0 Å². The molecule has 2 aromatic carbocycles. The molecule has 0 unspecified atom stereocenters.